The summed E-state index contributed by atoms with van der Waals surface area (Å²) in [6, 6.07) is 6.70. The number of hydrogen-bond acceptors (Lipinski definition) is 6. The van der Waals surface area contributed by atoms with Gasteiger partial charge in [-0.3, -0.25) is 9.69 Å². The zero-order chi connectivity index (χ0) is 20.3. The van der Waals surface area contributed by atoms with Gasteiger partial charge in [0.15, 0.2) is 5.13 Å². The van der Waals surface area contributed by atoms with Crippen LogP contribution >= 0.6 is 11.3 Å². The number of rotatable bonds is 6. The third kappa shape index (κ3) is 4.66. The summed E-state index contributed by atoms with van der Waals surface area (Å²) in [5.74, 6) is -0.324. The molecule has 2 atom stereocenters. The first-order chi connectivity index (χ1) is 14.1. The van der Waals surface area contributed by atoms with Crippen molar-refractivity contribution in [1.82, 2.24) is 9.88 Å². The molecule has 2 aromatic rings. The van der Waals surface area contributed by atoms with Gasteiger partial charge in [0.1, 0.15) is 11.4 Å². The molecule has 1 aromatic carbocycles. The van der Waals surface area contributed by atoms with Crippen molar-refractivity contribution in [2.75, 3.05) is 38.7 Å². The van der Waals surface area contributed by atoms with Crippen molar-refractivity contribution in [3.05, 3.63) is 46.7 Å². The Hall–Kier alpha value is -1.87. The average molecular weight is 420 g/mol. The first kappa shape index (κ1) is 20.4. The average Bonchev–Trinajstić information content (AvgIpc) is 3.34. The molecule has 1 N–H and O–H groups in total. The highest BCUT2D eigenvalue weighted by Gasteiger charge is 2.47. The first-order valence-corrected chi connectivity index (χ1v) is 10.8. The van der Waals surface area contributed by atoms with E-state index in [9.17, 15) is 9.18 Å². The van der Waals surface area contributed by atoms with E-state index in [1.807, 2.05) is 6.07 Å². The van der Waals surface area contributed by atoms with Crippen molar-refractivity contribution < 1.29 is 18.7 Å². The van der Waals surface area contributed by atoms with Gasteiger partial charge < -0.3 is 14.8 Å². The molecule has 29 heavy (non-hydrogen) atoms. The van der Waals surface area contributed by atoms with Crippen LogP contribution in [0.15, 0.2) is 30.5 Å². The van der Waals surface area contributed by atoms with Gasteiger partial charge in [-0.25, -0.2) is 9.37 Å². The van der Waals surface area contributed by atoms with Crippen LogP contribution in [-0.2, 0) is 20.7 Å². The summed E-state index contributed by atoms with van der Waals surface area (Å²) in [6.07, 6.45) is 5.10. The minimum Gasteiger partial charge on any atom is -0.378 e. The smallest absolute Gasteiger partial charge is 0.240 e. The Kier molecular flexibility index (Phi) is 6.24. The number of halogens is 1. The monoisotopic (exact) mass is 419 g/mol. The molecule has 2 aliphatic rings. The van der Waals surface area contributed by atoms with Crippen LogP contribution in [0.3, 0.4) is 0 Å². The lowest BCUT2D eigenvalue weighted by Gasteiger charge is -2.44. The third-order valence-corrected chi connectivity index (χ3v) is 6.61. The molecule has 0 aliphatic carbocycles. The highest BCUT2D eigenvalue weighted by molar-refractivity contribution is 7.15. The number of piperidine rings is 1. The van der Waals surface area contributed by atoms with Crippen molar-refractivity contribution in [3.63, 3.8) is 0 Å². The summed E-state index contributed by atoms with van der Waals surface area (Å²) in [5.41, 5.74) is 0.332. The molecule has 0 unspecified atom stereocenters. The van der Waals surface area contributed by atoms with Crippen LogP contribution in [0.2, 0.25) is 0 Å². The number of carbonyl (C=O) groups is 1. The fourth-order valence-corrected chi connectivity index (χ4v) is 5.18. The van der Waals surface area contributed by atoms with Gasteiger partial charge in [-0.05, 0) is 30.9 Å². The molecule has 1 spiro atoms. The molecule has 2 saturated heterocycles. The Morgan fingerprint density at radius 2 is 2.34 bits per heavy atom. The zero-order valence-electron chi connectivity index (χ0n) is 16.5. The van der Waals surface area contributed by atoms with Crippen LogP contribution in [0.4, 0.5) is 9.52 Å². The van der Waals surface area contributed by atoms with E-state index in [0.717, 1.165) is 37.3 Å². The molecule has 0 radical (unpaired) electrons. The third-order valence-electron chi connectivity index (χ3n) is 5.69. The molecule has 1 amide bonds. The first-order valence-electron chi connectivity index (χ1n) is 9.95. The van der Waals surface area contributed by atoms with Crippen molar-refractivity contribution in [1.29, 1.82) is 0 Å². The van der Waals surface area contributed by atoms with Crippen molar-refractivity contribution in [3.8, 4) is 0 Å². The molecule has 3 heterocycles. The molecule has 4 rings (SSSR count). The molecule has 0 saturated carbocycles. The van der Waals surface area contributed by atoms with Gasteiger partial charge >= 0.3 is 0 Å². The SMILES string of the molecule is CO[C@@H]1CCN(CC(=O)Nc2ncc(Cc3ccccc3F)s2)C[C@@]12CCCO2. The van der Waals surface area contributed by atoms with E-state index in [0.29, 0.717) is 30.2 Å². The maximum absolute atomic E-state index is 13.8. The Morgan fingerprint density at radius 3 is 3.10 bits per heavy atom. The number of ether oxygens (including phenoxy) is 2. The number of thiazole rings is 1. The molecular weight excluding hydrogens is 393 g/mol. The van der Waals surface area contributed by atoms with E-state index < -0.39 is 0 Å². The summed E-state index contributed by atoms with van der Waals surface area (Å²) in [7, 11) is 1.73. The number of nitrogens with one attached hydrogen (secondary N) is 1. The number of hydrogen-bond donors (Lipinski definition) is 1. The molecule has 6 nitrogen and oxygen atoms in total. The van der Waals surface area contributed by atoms with E-state index in [-0.39, 0.29) is 23.4 Å². The zero-order valence-corrected chi connectivity index (χ0v) is 17.3. The summed E-state index contributed by atoms with van der Waals surface area (Å²) in [5, 5.41) is 3.42. The number of aromatic nitrogens is 1. The van der Waals surface area contributed by atoms with E-state index in [1.165, 1.54) is 17.4 Å². The summed E-state index contributed by atoms with van der Waals surface area (Å²) >= 11 is 1.38. The second kappa shape index (κ2) is 8.87. The fourth-order valence-electron chi connectivity index (χ4n) is 4.33. The summed E-state index contributed by atoms with van der Waals surface area (Å²) < 4.78 is 25.5. The lowest BCUT2D eigenvalue weighted by Crippen LogP contribution is -2.58. The van der Waals surface area contributed by atoms with Crippen LogP contribution in [0, 0.1) is 5.82 Å². The number of benzene rings is 1. The summed E-state index contributed by atoms with van der Waals surface area (Å²) in [6.45, 7) is 2.55. The highest BCUT2D eigenvalue weighted by Crippen LogP contribution is 2.36. The number of anilines is 1. The number of carbonyl (C=O) groups excluding carboxylic acids is 1. The molecule has 0 bridgehead atoms. The maximum atomic E-state index is 13.8. The van der Waals surface area contributed by atoms with E-state index in [4.69, 9.17) is 9.47 Å². The molecule has 8 heteroatoms. The van der Waals surface area contributed by atoms with E-state index in [2.05, 4.69) is 15.2 Å². The van der Waals surface area contributed by atoms with Crippen molar-refractivity contribution in [2.45, 2.75) is 37.4 Å². The standard InChI is InChI=1S/C21H26FN3O3S/c1-27-18-7-9-25(14-21(18)8-4-10-28-21)13-19(26)24-20-23-12-16(29-20)11-15-5-2-3-6-17(15)22/h2-3,5-6,12,18H,4,7-11,13-14H2,1H3,(H,23,24,26)/t18-,21+/m1/s1. The van der Waals surface area contributed by atoms with Crippen LogP contribution in [0.25, 0.3) is 0 Å². The molecule has 2 fully saturated rings. The van der Waals surface area contributed by atoms with Crippen molar-refractivity contribution in [2.24, 2.45) is 0 Å². The number of likely N-dealkylation sites (tertiary alicyclic amines) is 1. The quantitative estimate of drug-likeness (QED) is 0.780. The summed E-state index contributed by atoms with van der Waals surface area (Å²) in [4.78, 5) is 19.8. The molecular formula is C21H26FN3O3S. The van der Waals surface area contributed by atoms with Crippen LogP contribution in [0.5, 0.6) is 0 Å². The minimum absolute atomic E-state index is 0.0872. The second-order valence-corrected chi connectivity index (χ2v) is 8.80. The highest BCUT2D eigenvalue weighted by atomic mass is 32.1. The van der Waals surface area contributed by atoms with E-state index >= 15 is 0 Å². The lowest BCUT2D eigenvalue weighted by atomic mass is 9.87. The van der Waals surface area contributed by atoms with Gasteiger partial charge in [0.05, 0.1) is 12.6 Å². The number of amides is 1. The predicted octanol–water partition coefficient (Wildman–Crippen LogP) is 3.08. The van der Waals surface area contributed by atoms with Gasteiger partial charge in [0.2, 0.25) is 5.91 Å². The molecule has 2 aliphatic heterocycles. The van der Waals surface area contributed by atoms with Crippen LogP contribution in [-0.4, -0.2) is 60.8 Å². The maximum Gasteiger partial charge on any atom is 0.240 e. The second-order valence-electron chi connectivity index (χ2n) is 7.69. The minimum atomic E-state index is -0.290. The van der Waals surface area contributed by atoms with Crippen LogP contribution < -0.4 is 5.32 Å². The Balaban J connectivity index is 1.32. The molecule has 1 aromatic heterocycles. The van der Waals surface area contributed by atoms with Gasteiger partial charge in [0, 0.05) is 44.3 Å². The van der Waals surface area contributed by atoms with Gasteiger partial charge in [-0.1, -0.05) is 18.2 Å². The fraction of sp³-hybridized carbons (Fsp3) is 0.524. The van der Waals surface area contributed by atoms with Gasteiger partial charge in [-0.2, -0.15) is 0 Å². The predicted molar refractivity (Wildman–Crippen MR) is 110 cm³/mol. The van der Waals surface area contributed by atoms with Crippen LogP contribution in [0.1, 0.15) is 29.7 Å². The Bertz CT molecular complexity index is 853. The largest absolute Gasteiger partial charge is 0.378 e. The normalized spacial score (nSPS) is 24.8. The van der Waals surface area contributed by atoms with E-state index in [1.54, 1.807) is 25.4 Å². The molecule has 156 valence electrons. The lowest BCUT2D eigenvalue weighted by molar-refractivity contribution is -0.146. The Morgan fingerprint density at radius 1 is 1.48 bits per heavy atom. The number of methoxy groups -OCH3 is 1. The topological polar surface area (TPSA) is 63.7 Å². The number of nitrogens with zero attached hydrogens (tertiary/aromatic N) is 2. The van der Waals surface area contributed by atoms with Gasteiger partial charge in [-0.15, -0.1) is 11.3 Å². The Labute approximate surface area is 174 Å². The van der Waals surface area contributed by atoms with Crippen molar-refractivity contribution >= 4 is 22.4 Å². The van der Waals surface area contributed by atoms with Gasteiger partial charge in [0.25, 0.3) is 0 Å².